The second kappa shape index (κ2) is 6.15. The molecule has 9 heteroatoms. The van der Waals surface area contributed by atoms with Crippen LogP contribution >= 0.6 is 0 Å². The van der Waals surface area contributed by atoms with Gasteiger partial charge in [-0.1, -0.05) is 0 Å². The zero-order valence-corrected chi connectivity index (χ0v) is 11.1. The summed E-state index contributed by atoms with van der Waals surface area (Å²) in [6, 6.07) is 0.00299. The van der Waals surface area contributed by atoms with E-state index >= 15 is 0 Å². The first kappa shape index (κ1) is 15.6. The lowest BCUT2D eigenvalue weighted by atomic mass is 10.4. The van der Waals surface area contributed by atoms with Gasteiger partial charge in [0.15, 0.2) is 0 Å². The Hall–Kier alpha value is -1.42. The van der Waals surface area contributed by atoms with Crippen molar-refractivity contribution in [1.29, 1.82) is 0 Å². The smallest absolute Gasteiger partial charge is 0.352 e. The topological polar surface area (TPSA) is 129 Å². The largest absolute Gasteiger partial charge is 0.477 e. The summed E-state index contributed by atoms with van der Waals surface area (Å²) in [5, 5.41) is 26.6. The quantitative estimate of drug-likeness (QED) is 0.501. The summed E-state index contributed by atoms with van der Waals surface area (Å²) in [5.41, 5.74) is -0.146. The van der Waals surface area contributed by atoms with E-state index in [-0.39, 0.29) is 10.6 Å². The van der Waals surface area contributed by atoms with E-state index in [1.165, 1.54) is 10.8 Å². The van der Waals surface area contributed by atoms with Crippen LogP contribution in [-0.2, 0) is 16.6 Å². The fraction of sp³-hybridized carbons (Fsp3) is 0.500. The van der Waals surface area contributed by atoms with Crippen molar-refractivity contribution in [3.8, 4) is 0 Å². The summed E-state index contributed by atoms with van der Waals surface area (Å²) in [6.45, 7) is 0.868. The van der Waals surface area contributed by atoms with Gasteiger partial charge in [0.1, 0.15) is 10.6 Å². The number of nitrogens with zero attached hydrogens (tertiary/aromatic N) is 1. The van der Waals surface area contributed by atoms with Crippen LogP contribution in [0, 0.1) is 0 Å². The summed E-state index contributed by atoms with van der Waals surface area (Å²) >= 11 is 0. The first-order valence-corrected chi connectivity index (χ1v) is 7.01. The lowest BCUT2D eigenvalue weighted by Gasteiger charge is -2.12. The highest BCUT2D eigenvalue weighted by atomic mass is 32.2. The van der Waals surface area contributed by atoms with Crippen LogP contribution in [0.1, 0.15) is 17.4 Å². The van der Waals surface area contributed by atoms with Crippen molar-refractivity contribution < 1.29 is 28.5 Å². The average molecular weight is 292 g/mol. The summed E-state index contributed by atoms with van der Waals surface area (Å²) < 4.78 is 27.2. The molecule has 4 N–H and O–H groups in total. The van der Waals surface area contributed by atoms with Gasteiger partial charge < -0.3 is 19.9 Å². The molecule has 1 rings (SSSR count). The highest BCUT2D eigenvalue weighted by Crippen LogP contribution is 2.15. The molecule has 108 valence electrons. The van der Waals surface area contributed by atoms with Crippen molar-refractivity contribution in [3.63, 3.8) is 0 Å². The summed E-state index contributed by atoms with van der Waals surface area (Å²) in [6.07, 6.45) is 1.19. The lowest BCUT2D eigenvalue weighted by molar-refractivity contribution is 0.0685. The molecule has 0 amide bonds. The van der Waals surface area contributed by atoms with Crippen molar-refractivity contribution in [2.75, 3.05) is 13.2 Å². The van der Waals surface area contributed by atoms with E-state index in [0.717, 1.165) is 6.07 Å². The molecule has 1 aromatic rings. The first-order valence-electron chi connectivity index (χ1n) is 5.53. The Morgan fingerprint density at radius 1 is 1.42 bits per heavy atom. The molecule has 0 fully saturated rings. The van der Waals surface area contributed by atoms with Gasteiger partial charge in [-0.2, -0.15) is 0 Å². The summed E-state index contributed by atoms with van der Waals surface area (Å²) in [5.74, 6) is -1.23. The van der Waals surface area contributed by atoms with Crippen LogP contribution in [0.4, 0.5) is 0 Å². The molecule has 0 radical (unpaired) electrons. The standard InChI is InChI=1S/C10H16N2O6S/c1-2-12-4-8(3-9(12)10(15)16)19(17,18)11-7(5-13)6-14/h3-4,7,11,13-14H,2,5-6H2,1H3,(H,15,16). The summed E-state index contributed by atoms with van der Waals surface area (Å²) in [4.78, 5) is 10.7. The number of aliphatic hydroxyl groups is 2. The lowest BCUT2D eigenvalue weighted by Crippen LogP contribution is -2.39. The number of aliphatic hydroxyl groups excluding tert-OH is 2. The first-order chi connectivity index (χ1) is 8.85. The minimum Gasteiger partial charge on any atom is -0.477 e. The van der Waals surface area contributed by atoms with E-state index in [4.69, 9.17) is 15.3 Å². The molecule has 0 saturated heterocycles. The minimum absolute atomic E-state index is 0.146. The number of nitrogens with one attached hydrogen (secondary N) is 1. The molecule has 1 heterocycles. The number of aryl methyl sites for hydroxylation is 1. The zero-order chi connectivity index (χ0) is 14.6. The van der Waals surface area contributed by atoms with E-state index < -0.39 is 35.2 Å². The van der Waals surface area contributed by atoms with Gasteiger partial charge in [-0.25, -0.2) is 17.9 Å². The molecule has 0 aliphatic rings. The van der Waals surface area contributed by atoms with Crippen LogP contribution in [0.5, 0.6) is 0 Å². The van der Waals surface area contributed by atoms with Gasteiger partial charge in [0.2, 0.25) is 10.0 Å². The Bertz CT molecular complexity index is 546. The van der Waals surface area contributed by atoms with Crippen LogP contribution in [0.15, 0.2) is 17.2 Å². The Kier molecular flexibility index (Phi) is 5.06. The number of carboxylic acids is 1. The van der Waals surface area contributed by atoms with Crippen molar-refractivity contribution in [2.24, 2.45) is 0 Å². The molecule has 0 bridgehead atoms. The Balaban J connectivity index is 3.12. The van der Waals surface area contributed by atoms with Crippen LogP contribution in [-0.4, -0.2) is 53.5 Å². The van der Waals surface area contributed by atoms with Crippen molar-refractivity contribution in [2.45, 2.75) is 24.4 Å². The number of carbonyl (C=O) groups is 1. The highest BCUT2D eigenvalue weighted by molar-refractivity contribution is 7.89. The van der Waals surface area contributed by atoms with Crippen LogP contribution in [0.3, 0.4) is 0 Å². The van der Waals surface area contributed by atoms with Gasteiger partial charge in [-0.15, -0.1) is 0 Å². The molecule has 0 aromatic carbocycles. The Morgan fingerprint density at radius 2 is 2.00 bits per heavy atom. The second-order valence-electron chi connectivity index (χ2n) is 3.84. The van der Waals surface area contributed by atoms with Crippen molar-refractivity contribution >= 4 is 16.0 Å². The van der Waals surface area contributed by atoms with E-state index in [0.29, 0.717) is 6.54 Å². The zero-order valence-electron chi connectivity index (χ0n) is 10.3. The molecule has 0 aliphatic heterocycles. The van der Waals surface area contributed by atoms with Gasteiger partial charge in [0, 0.05) is 12.7 Å². The van der Waals surface area contributed by atoms with Gasteiger partial charge in [0.25, 0.3) is 0 Å². The number of aromatic nitrogens is 1. The molecule has 0 spiro atoms. The van der Waals surface area contributed by atoms with Gasteiger partial charge in [0.05, 0.1) is 19.3 Å². The molecule has 0 atom stereocenters. The van der Waals surface area contributed by atoms with Gasteiger partial charge in [-0.3, -0.25) is 0 Å². The third-order valence-electron chi connectivity index (χ3n) is 2.50. The molecular weight excluding hydrogens is 276 g/mol. The molecule has 0 aliphatic carbocycles. The SMILES string of the molecule is CCn1cc(S(=O)(=O)NC(CO)CO)cc1C(=O)O. The van der Waals surface area contributed by atoms with E-state index in [2.05, 4.69) is 4.72 Å². The molecule has 1 aromatic heterocycles. The predicted molar refractivity (Wildman–Crippen MR) is 65.3 cm³/mol. The number of rotatable bonds is 7. The second-order valence-corrected chi connectivity index (χ2v) is 5.55. The maximum absolute atomic E-state index is 11.9. The van der Waals surface area contributed by atoms with Crippen LogP contribution in [0.25, 0.3) is 0 Å². The molecule has 8 nitrogen and oxygen atoms in total. The third kappa shape index (κ3) is 3.53. The third-order valence-corrected chi connectivity index (χ3v) is 3.99. The van der Waals surface area contributed by atoms with Crippen LogP contribution in [0.2, 0.25) is 0 Å². The summed E-state index contributed by atoms with van der Waals surface area (Å²) in [7, 11) is -3.98. The molecular formula is C10H16N2O6S. The van der Waals surface area contributed by atoms with E-state index in [9.17, 15) is 13.2 Å². The number of hydrogen-bond donors (Lipinski definition) is 4. The highest BCUT2D eigenvalue weighted by Gasteiger charge is 2.23. The maximum atomic E-state index is 11.9. The number of aromatic carboxylic acids is 1. The minimum atomic E-state index is -3.98. The van der Waals surface area contributed by atoms with Gasteiger partial charge >= 0.3 is 5.97 Å². The van der Waals surface area contributed by atoms with E-state index in [1.807, 2.05) is 0 Å². The van der Waals surface area contributed by atoms with Crippen LogP contribution < -0.4 is 4.72 Å². The fourth-order valence-electron chi connectivity index (χ4n) is 1.49. The van der Waals surface area contributed by atoms with E-state index in [1.54, 1.807) is 6.92 Å². The Morgan fingerprint density at radius 3 is 2.37 bits per heavy atom. The number of sulfonamides is 1. The van der Waals surface area contributed by atoms with Crippen molar-refractivity contribution in [3.05, 3.63) is 18.0 Å². The average Bonchev–Trinajstić information content (AvgIpc) is 2.81. The van der Waals surface area contributed by atoms with Crippen molar-refractivity contribution in [1.82, 2.24) is 9.29 Å². The predicted octanol–water partition coefficient (Wildman–Crippen LogP) is -1.16. The molecule has 0 saturated carbocycles. The monoisotopic (exact) mass is 292 g/mol. The maximum Gasteiger partial charge on any atom is 0.352 e. The normalized spacial score (nSPS) is 12.0. The number of carboxylic acid groups (broad SMARTS) is 1. The fourth-order valence-corrected chi connectivity index (χ4v) is 2.75. The Labute approximate surface area is 110 Å². The number of hydrogen-bond acceptors (Lipinski definition) is 5. The van der Waals surface area contributed by atoms with Gasteiger partial charge in [-0.05, 0) is 13.0 Å². The molecule has 19 heavy (non-hydrogen) atoms. The molecule has 0 unspecified atom stereocenters.